The summed E-state index contributed by atoms with van der Waals surface area (Å²) in [6.45, 7) is 3.51. The topological polar surface area (TPSA) is 103 Å². The number of nitrogens with zero attached hydrogens (tertiary/aromatic N) is 4. The van der Waals surface area contributed by atoms with Gasteiger partial charge in [-0.15, -0.1) is 0 Å². The molecule has 2 aromatic carbocycles. The molecule has 176 valence electrons. The highest BCUT2D eigenvalue weighted by atomic mass is 19.1. The maximum Gasteiger partial charge on any atom is 0.175 e. The highest BCUT2D eigenvalue weighted by molar-refractivity contribution is 6.01. The van der Waals surface area contributed by atoms with E-state index in [4.69, 9.17) is 0 Å². The SMILES string of the molecule is CCc1c(F)ccc2cc(O)cc(-c3ncc4c(N5C[C@H](O)C[C@H]5CO)nc(C)nc4c3F)c12. The van der Waals surface area contributed by atoms with Crippen molar-refractivity contribution < 1.29 is 24.1 Å². The van der Waals surface area contributed by atoms with E-state index in [1.807, 2.05) is 6.92 Å². The molecule has 5 rings (SSSR count). The molecule has 0 aliphatic carbocycles. The van der Waals surface area contributed by atoms with Crippen molar-refractivity contribution >= 4 is 27.5 Å². The minimum absolute atomic E-state index is 0.0246. The van der Waals surface area contributed by atoms with Gasteiger partial charge in [0.1, 0.15) is 34.4 Å². The minimum atomic E-state index is -0.720. The van der Waals surface area contributed by atoms with E-state index >= 15 is 4.39 Å². The average molecular weight is 466 g/mol. The van der Waals surface area contributed by atoms with Gasteiger partial charge in [0.25, 0.3) is 0 Å². The predicted molar refractivity (Wildman–Crippen MR) is 125 cm³/mol. The number of rotatable bonds is 4. The number of anilines is 1. The normalized spacial score (nSPS) is 18.4. The first-order valence-corrected chi connectivity index (χ1v) is 11.1. The number of aromatic hydroxyl groups is 1. The van der Waals surface area contributed by atoms with Crippen LogP contribution in [0.25, 0.3) is 32.9 Å². The summed E-state index contributed by atoms with van der Waals surface area (Å²) >= 11 is 0. The first-order valence-electron chi connectivity index (χ1n) is 11.1. The van der Waals surface area contributed by atoms with Gasteiger partial charge in [-0.1, -0.05) is 13.0 Å². The number of aromatic nitrogens is 3. The van der Waals surface area contributed by atoms with E-state index in [9.17, 15) is 19.7 Å². The number of hydrogen-bond donors (Lipinski definition) is 3. The van der Waals surface area contributed by atoms with Crippen molar-refractivity contribution in [3.63, 3.8) is 0 Å². The van der Waals surface area contributed by atoms with Gasteiger partial charge in [0, 0.05) is 18.3 Å². The number of benzene rings is 2. The summed E-state index contributed by atoms with van der Waals surface area (Å²) in [6.07, 6.45) is 1.56. The minimum Gasteiger partial charge on any atom is -0.508 e. The maximum atomic E-state index is 16.0. The van der Waals surface area contributed by atoms with Gasteiger partial charge >= 0.3 is 0 Å². The van der Waals surface area contributed by atoms with E-state index in [-0.39, 0.29) is 41.7 Å². The molecule has 1 fully saturated rings. The molecule has 1 aliphatic rings. The van der Waals surface area contributed by atoms with Crippen LogP contribution in [-0.2, 0) is 6.42 Å². The second kappa shape index (κ2) is 8.41. The first kappa shape index (κ1) is 22.4. The van der Waals surface area contributed by atoms with Crippen LogP contribution in [0.1, 0.15) is 24.7 Å². The summed E-state index contributed by atoms with van der Waals surface area (Å²) in [7, 11) is 0. The third-order valence-electron chi connectivity index (χ3n) is 6.41. The zero-order valence-corrected chi connectivity index (χ0v) is 18.8. The lowest BCUT2D eigenvalue weighted by Gasteiger charge is -2.25. The predicted octanol–water partition coefficient (Wildman–Crippen LogP) is 3.63. The molecule has 4 aromatic rings. The van der Waals surface area contributed by atoms with Crippen molar-refractivity contribution in [3.05, 3.63) is 53.5 Å². The summed E-state index contributed by atoms with van der Waals surface area (Å²) in [5, 5.41) is 31.6. The van der Waals surface area contributed by atoms with Crippen molar-refractivity contribution in [3.8, 4) is 17.0 Å². The number of pyridine rings is 1. The van der Waals surface area contributed by atoms with E-state index in [1.54, 1.807) is 17.9 Å². The Kier molecular flexibility index (Phi) is 5.53. The summed E-state index contributed by atoms with van der Waals surface area (Å²) in [5.74, 6) is -0.516. The van der Waals surface area contributed by atoms with Crippen molar-refractivity contribution in [1.82, 2.24) is 15.0 Å². The van der Waals surface area contributed by atoms with E-state index in [1.165, 1.54) is 24.4 Å². The van der Waals surface area contributed by atoms with Crippen molar-refractivity contribution in [2.45, 2.75) is 38.8 Å². The summed E-state index contributed by atoms with van der Waals surface area (Å²) in [4.78, 5) is 14.9. The average Bonchev–Trinajstić information content (AvgIpc) is 3.19. The number of aryl methyl sites for hydroxylation is 2. The van der Waals surface area contributed by atoms with E-state index in [0.29, 0.717) is 46.2 Å². The van der Waals surface area contributed by atoms with Gasteiger partial charge < -0.3 is 20.2 Å². The van der Waals surface area contributed by atoms with Crippen LogP contribution < -0.4 is 4.90 Å². The van der Waals surface area contributed by atoms with Crippen LogP contribution in [0.5, 0.6) is 5.75 Å². The van der Waals surface area contributed by atoms with Gasteiger partial charge in [0.2, 0.25) is 0 Å². The molecule has 3 heterocycles. The molecule has 2 aromatic heterocycles. The molecule has 3 N–H and O–H groups in total. The second-order valence-corrected chi connectivity index (χ2v) is 8.63. The van der Waals surface area contributed by atoms with Crippen LogP contribution in [0, 0.1) is 18.6 Å². The smallest absolute Gasteiger partial charge is 0.175 e. The van der Waals surface area contributed by atoms with Crippen LogP contribution in [0.4, 0.5) is 14.6 Å². The molecule has 34 heavy (non-hydrogen) atoms. The molecule has 7 nitrogen and oxygen atoms in total. The molecule has 9 heteroatoms. The fraction of sp³-hybridized carbons (Fsp3) is 0.320. The van der Waals surface area contributed by atoms with Crippen LogP contribution >= 0.6 is 0 Å². The number of β-amino-alcohol motifs (C(OH)–C–C–N with tert-alkyl or cyclic N) is 1. The van der Waals surface area contributed by atoms with Gasteiger partial charge in [-0.05, 0) is 54.3 Å². The molecule has 0 amide bonds. The van der Waals surface area contributed by atoms with E-state index < -0.39 is 17.7 Å². The second-order valence-electron chi connectivity index (χ2n) is 8.63. The number of phenols is 1. The Morgan fingerprint density at radius 2 is 1.97 bits per heavy atom. The number of aliphatic hydroxyl groups is 2. The lowest BCUT2D eigenvalue weighted by atomic mass is 9.94. The number of phenolic OH excluding ortho intramolecular Hbond substituents is 1. The molecule has 1 aliphatic heterocycles. The van der Waals surface area contributed by atoms with Crippen molar-refractivity contribution in [2.75, 3.05) is 18.1 Å². The standard InChI is InChI=1S/C25H24F2N4O3/c1-3-17-20(26)5-4-13-6-15(33)8-18(21(13)17)23-22(27)24-19(9-28-23)25(30-12(2)29-24)31-10-16(34)7-14(31)11-32/h4-6,8-9,14,16,32-34H,3,7,10-11H2,1-2H3/t14-,16+/m0/s1. The van der Waals surface area contributed by atoms with Crippen molar-refractivity contribution in [2.24, 2.45) is 0 Å². The van der Waals surface area contributed by atoms with Crippen LogP contribution in [0.2, 0.25) is 0 Å². The van der Waals surface area contributed by atoms with E-state index in [2.05, 4.69) is 15.0 Å². The third kappa shape index (κ3) is 3.52. The maximum absolute atomic E-state index is 16.0. The molecule has 0 bridgehead atoms. The van der Waals surface area contributed by atoms with Gasteiger partial charge in [-0.2, -0.15) is 0 Å². The Morgan fingerprint density at radius 1 is 1.18 bits per heavy atom. The van der Waals surface area contributed by atoms with Gasteiger partial charge in [0.15, 0.2) is 5.82 Å². The van der Waals surface area contributed by atoms with Gasteiger partial charge in [-0.25, -0.2) is 18.7 Å². The zero-order chi connectivity index (χ0) is 24.1. The summed E-state index contributed by atoms with van der Waals surface area (Å²) in [6, 6.07) is 5.41. The Morgan fingerprint density at radius 3 is 2.71 bits per heavy atom. The molecule has 0 unspecified atom stereocenters. The van der Waals surface area contributed by atoms with Crippen LogP contribution in [0.15, 0.2) is 30.5 Å². The molecular weight excluding hydrogens is 442 g/mol. The number of aliphatic hydroxyl groups excluding tert-OH is 2. The lowest BCUT2D eigenvalue weighted by molar-refractivity contribution is 0.184. The largest absolute Gasteiger partial charge is 0.508 e. The molecule has 2 atom stereocenters. The Balaban J connectivity index is 1.78. The van der Waals surface area contributed by atoms with E-state index in [0.717, 1.165) is 0 Å². The summed E-state index contributed by atoms with van der Waals surface area (Å²) in [5.41, 5.74) is 0.646. The highest BCUT2D eigenvalue weighted by Crippen LogP contribution is 2.39. The van der Waals surface area contributed by atoms with Crippen molar-refractivity contribution in [1.29, 1.82) is 0 Å². The highest BCUT2D eigenvalue weighted by Gasteiger charge is 2.33. The van der Waals surface area contributed by atoms with Gasteiger partial charge in [-0.3, -0.25) is 4.98 Å². The molecule has 0 spiro atoms. The lowest BCUT2D eigenvalue weighted by Crippen LogP contribution is -2.33. The Hall–Kier alpha value is -3.43. The fourth-order valence-corrected chi connectivity index (χ4v) is 4.91. The third-order valence-corrected chi connectivity index (χ3v) is 6.41. The molecule has 0 saturated carbocycles. The molecule has 1 saturated heterocycles. The van der Waals surface area contributed by atoms with Gasteiger partial charge in [0.05, 0.1) is 24.1 Å². The Labute approximate surface area is 194 Å². The first-order chi connectivity index (χ1) is 16.3. The number of fused-ring (bicyclic) bond motifs is 2. The van der Waals surface area contributed by atoms with Crippen LogP contribution in [-0.4, -0.2) is 55.6 Å². The summed E-state index contributed by atoms with van der Waals surface area (Å²) < 4.78 is 30.6. The number of halogens is 2. The quantitative estimate of drug-likeness (QED) is 0.422. The fourth-order valence-electron chi connectivity index (χ4n) is 4.91. The zero-order valence-electron chi connectivity index (χ0n) is 18.8. The monoisotopic (exact) mass is 466 g/mol. The number of hydrogen-bond acceptors (Lipinski definition) is 7. The molecular formula is C25H24F2N4O3. The Bertz CT molecular complexity index is 1430. The molecule has 0 radical (unpaired) electrons. The van der Waals surface area contributed by atoms with Crippen LogP contribution in [0.3, 0.4) is 0 Å².